The molecule has 6 heteroatoms. The minimum atomic E-state index is -3.33. The van der Waals surface area contributed by atoms with Gasteiger partial charge in [-0.05, 0) is 43.4 Å². The molecule has 0 aromatic heterocycles. The van der Waals surface area contributed by atoms with Gasteiger partial charge in [-0.15, -0.1) is 0 Å². The molecule has 0 radical (unpaired) electrons. The van der Waals surface area contributed by atoms with Gasteiger partial charge in [0.05, 0.1) is 17.4 Å². The second-order valence-electron chi connectivity index (χ2n) is 5.66. The molecule has 114 valence electrons. The fraction of sp³-hybridized carbons (Fsp3) is 0.533. The van der Waals surface area contributed by atoms with E-state index in [4.69, 9.17) is 11.0 Å². The number of hydrogen-bond donors (Lipinski definition) is 1. The highest BCUT2D eigenvalue weighted by Gasteiger charge is 2.29. The van der Waals surface area contributed by atoms with Gasteiger partial charge < -0.3 is 5.73 Å². The van der Waals surface area contributed by atoms with E-state index in [0.29, 0.717) is 30.1 Å². The molecular formula is C15H21N3O2S. The molecule has 0 spiro atoms. The van der Waals surface area contributed by atoms with Crippen LogP contribution in [0.5, 0.6) is 0 Å². The topological polar surface area (TPSA) is 87.2 Å². The summed E-state index contributed by atoms with van der Waals surface area (Å²) in [5.74, 6) is 0.351. The maximum absolute atomic E-state index is 12.4. The Kier molecular flexibility index (Phi) is 4.99. The molecule has 0 aliphatic carbocycles. The predicted octanol–water partition coefficient (Wildman–Crippen LogP) is 1.45. The van der Waals surface area contributed by atoms with Crippen molar-refractivity contribution < 1.29 is 8.42 Å². The number of nitriles is 1. The third-order valence-corrected chi connectivity index (χ3v) is 5.89. The summed E-state index contributed by atoms with van der Waals surface area (Å²) < 4.78 is 26.4. The largest absolute Gasteiger partial charge is 0.328 e. The Hall–Kier alpha value is -1.42. The zero-order valence-electron chi connectivity index (χ0n) is 12.2. The standard InChI is InChI=1S/C15H21N3O2S/c1-12(17)15-5-7-18(8-6-15)21(19,20)11-14-4-2-3-13(9-14)10-16/h2-4,9,12,15H,5-8,11,17H2,1H3. The zero-order valence-corrected chi connectivity index (χ0v) is 13.0. The molecule has 1 unspecified atom stereocenters. The van der Waals surface area contributed by atoms with Crippen LogP contribution in [-0.4, -0.2) is 31.9 Å². The number of nitrogens with two attached hydrogens (primary N) is 1. The molecule has 1 aromatic rings. The molecule has 1 fully saturated rings. The average Bonchev–Trinajstić information content (AvgIpc) is 2.47. The van der Waals surface area contributed by atoms with Crippen molar-refractivity contribution >= 4 is 10.0 Å². The molecule has 2 rings (SSSR count). The van der Waals surface area contributed by atoms with Gasteiger partial charge in [-0.1, -0.05) is 12.1 Å². The first-order valence-corrected chi connectivity index (χ1v) is 8.76. The van der Waals surface area contributed by atoms with Crippen LogP contribution in [0.1, 0.15) is 30.9 Å². The van der Waals surface area contributed by atoms with Crippen molar-refractivity contribution in [2.24, 2.45) is 11.7 Å². The number of sulfonamides is 1. The monoisotopic (exact) mass is 307 g/mol. The Morgan fingerprint density at radius 1 is 1.43 bits per heavy atom. The lowest BCUT2D eigenvalue weighted by atomic mass is 9.92. The van der Waals surface area contributed by atoms with Crippen LogP contribution in [0.25, 0.3) is 0 Å². The van der Waals surface area contributed by atoms with E-state index in [2.05, 4.69) is 0 Å². The Balaban J connectivity index is 2.04. The van der Waals surface area contributed by atoms with Crippen molar-refractivity contribution in [1.29, 1.82) is 5.26 Å². The maximum atomic E-state index is 12.4. The number of hydrogen-bond acceptors (Lipinski definition) is 4. The summed E-state index contributed by atoms with van der Waals surface area (Å²) in [6.45, 7) is 3.04. The summed E-state index contributed by atoms with van der Waals surface area (Å²) in [6.07, 6.45) is 1.63. The second-order valence-corrected chi connectivity index (χ2v) is 7.63. The van der Waals surface area contributed by atoms with Crippen molar-refractivity contribution in [2.45, 2.75) is 31.6 Å². The molecule has 1 atom stereocenters. The quantitative estimate of drug-likeness (QED) is 0.912. The first kappa shape index (κ1) is 16.0. The van der Waals surface area contributed by atoms with E-state index < -0.39 is 10.0 Å². The summed E-state index contributed by atoms with van der Waals surface area (Å²) in [7, 11) is -3.33. The minimum Gasteiger partial charge on any atom is -0.328 e. The summed E-state index contributed by atoms with van der Waals surface area (Å²) >= 11 is 0. The van der Waals surface area contributed by atoms with Gasteiger partial charge in [-0.25, -0.2) is 12.7 Å². The fourth-order valence-corrected chi connectivity index (χ4v) is 4.26. The fourth-order valence-electron chi connectivity index (χ4n) is 2.71. The molecule has 2 N–H and O–H groups in total. The van der Waals surface area contributed by atoms with Crippen LogP contribution in [0.3, 0.4) is 0 Å². The van der Waals surface area contributed by atoms with Gasteiger partial charge in [0.15, 0.2) is 0 Å². The number of piperidine rings is 1. The van der Waals surface area contributed by atoms with Crippen LogP contribution in [0.2, 0.25) is 0 Å². The van der Waals surface area contributed by atoms with Gasteiger partial charge >= 0.3 is 0 Å². The van der Waals surface area contributed by atoms with E-state index >= 15 is 0 Å². The Labute approximate surface area is 126 Å². The smallest absolute Gasteiger partial charge is 0.218 e. The van der Waals surface area contributed by atoms with E-state index in [1.54, 1.807) is 28.6 Å². The van der Waals surface area contributed by atoms with Crippen molar-refractivity contribution in [3.63, 3.8) is 0 Å². The molecule has 1 heterocycles. The van der Waals surface area contributed by atoms with Crippen molar-refractivity contribution in [3.05, 3.63) is 35.4 Å². The van der Waals surface area contributed by atoms with Crippen molar-refractivity contribution in [1.82, 2.24) is 4.31 Å². The molecule has 1 saturated heterocycles. The van der Waals surface area contributed by atoms with Gasteiger partial charge in [0.1, 0.15) is 0 Å². The second kappa shape index (κ2) is 6.56. The van der Waals surface area contributed by atoms with Gasteiger partial charge in [-0.2, -0.15) is 5.26 Å². The Morgan fingerprint density at radius 2 is 2.10 bits per heavy atom. The molecule has 1 aromatic carbocycles. The van der Waals surface area contributed by atoms with E-state index in [0.717, 1.165) is 12.8 Å². The molecule has 5 nitrogen and oxygen atoms in total. The summed E-state index contributed by atoms with van der Waals surface area (Å²) in [5.41, 5.74) is 7.02. The highest BCUT2D eigenvalue weighted by atomic mass is 32.2. The number of nitrogens with zero attached hydrogens (tertiary/aromatic N) is 2. The first-order chi connectivity index (χ1) is 9.92. The molecule has 1 aliphatic rings. The summed E-state index contributed by atoms with van der Waals surface area (Å²) in [5, 5.41) is 8.87. The Bertz CT molecular complexity index is 627. The lowest BCUT2D eigenvalue weighted by molar-refractivity contribution is 0.250. The molecule has 0 saturated carbocycles. The van der Waals surface area contributed by atoms with Crippen LogP contribution >= 0.6 is 0 Å². The predicted molar refractivity (Wildman–Crippen MR) is 81.7 cm³/mol. The molecule has 21 heavy (non-hydrogen) atoms. The average molecular weight is 307 g/mol. The van der Waals surface area contributed by atoms with E-state index in [9.17, 15) is 8.42 Å². The van der Waals surface area contributed by atoms with Crippen LogP contribution in [0.4, 0.5) is 0 Å². The minimum absolute atomic E-state index is 0.0502. The zero-order chi connectivity index (χ0) is 15.5. The lowest BCUT2D eigenvalue weighted by Gasteiger charge is -2.33. The maximum Gasteiger partial charge on any atom is 0.218 e. The van der Waals surface area contributed by atoms with Crippen LogP contribution in [0, 0.1) is 17.2 Å². The normalized spacial score (nSPS) is 19.1. The van der Waals surface area contributed by atoms with Crippen LogP contribution in [0.15, 0.2) is 24.3 Å². The van der Waals surface area contributed by atoms with Crippen molar-refractivity contribution in [3.8, 4) is 6.07 Å². The summed E-state index contributed by atoms with van der Waals surface area (Å²) in [4.78, 5) is 0. The van der Waals surface area contributed by atoms with E-state index in [1.165, 1.54) is 0 Å². The first-order valence-electron chi connectivity index (χ1n) is 7.15. The van der Waals surface area contributed by atoms with E-state index in [-0.39, 0.29) is 11.8 Å². The van der Waals surface area contributed by atoms with Crippen LogP contribution in [-0.2, 0) is 15.8 Å². The molecule has 1 aliphatic heterocycles. The Morgan fingerprint density at radius 3 is 2.67 bits per heavy atom. The third-order valence-electron chi connectivity index (χ3n) is 4.04. The van der Waals surface area contributed by atoms with Crippen LogP contribution < -0.4 is 5.73 Å². The molecule has 0 bridgehead atoms. The van der Waals surface area contributed by atoms with Gasteiger partial charge in [-0.3, -0.25) is 0 Å². The lowest BCUT2D eigenvalue weighted by Crippen LogP contribution is -2.42. The van der Waals surface area contributed by atoms with Gasteiger partial charge in [0, 0.05) is 19.1 Å². The SMILES string of the molecule is CC(N)C1CCN(S(=O)(=O)Cc2cccc(C#N)c2)CC1. The number of benzene rings is 1. The highest BCUT2D eigenvalue weighted by molar-refractivity contribution is 7.88. The van der Waals surface area contributed by atoms with E-state index in [1.807, 2.05) is 13.0 Å². The van der Waals surface area contributed by atoms with Gasteiger partial charge in [0.2, 0.25) is 10.0 Å². The number of rotatable bonds is 4. The third kappa shape index (κ3) is 4.03. The molecular weight excluding hydrogens is 286 g/mol. The summed E-state index contributed by atoms with van der Waals surface area (Å²) in [6, 6.07) is 8.90. The van der Waals surface area contributed by atoms with Gasteiger partial charge in [0.25, 0.3) is 0 Å². The highest BCUT2D eigenvalue weighted by Crippen LogP contribution is 2.23. The molecule has 0 amide bonds. The van der Waals surface area contributed by atoms with Crippen molar-refractivity contribution in [2.75, 3.05) is 13.1 Å².